The van der Waals surface area contributed by atoms with Gasteiger partial charge in [0, 0.05) is 16.1 Å². The van der Waals surface area contributed by atoms with Crippen LogP contribution in [0.4, 0.5) is 0 Å². The van der Waals surface area contributed by atoms with Crippen LogP contribution in [0.5, 0.6) is 0 Å². The number of halogens is 5. The van der Waals surface area contributed by atoms with Crippen molar-refractivity contribution in [3.05, 3.63) is 56.0 Å². The molecule has 19 heavy (non-hydrogen) atoms. The van der Waals surface area contributed by atoms with Gasteiger partial charge in [0.15, 0.2) is 0 Å². The van der Waals surface area contributed by atoms with Crippen molar-refractivity contribution in [1.29, 1.82) is 0 Å². The maximum Gasteiger partial charge on any atom is 0.252 e. The third-order valence-electron chi connectivity index (χ3n) is 2.47. The second kappa shape index (κ2) is 5.90. The van der Waals surface area contributed by atoms with E-state index in [9.17, 15) is 4.79 Å². The first-order valence-corrected chi connectivity index (χ1v) is 6.93. The second-order valence-electron chi connectivity index (χ2n) is 3.73. The van der Waals surface area contributed by atoms with Crippen molar-refractivity contribution in [2.75, 3.05) is 0 Å². The average Bonchev–Trinajstić information content (AvgIpc) is 2.35. The van der Waals surface area contributed by atoms with Crippen LogP contribution >= 0.6 is 58.0 Å². The fraction of sp³-hybridized carbons (Fsp3) is 0. The van der Waals surface area contributed by atoms with Gasteiger partial charge < -0.3 is 0 Å². The van der Waals surface area contributed by atoms with Gasteiger partial charge >= 0.3 is 0 Å². The predicted molar refractivity (Wildman–Crippen MR) is 82.1 cm³/mol. The van der Waals surface area contributed by atoms with E-state index >= 15 is 0 Å². The van der Waals surface area contributed by atoms with Crippen molar-refractivity contribution in [3.8, 4) is 11.1 Å². The Bertz CT molecular complexity index is 666. The highest BCUT2D eigenvalue weighted by Crippen LogP contribution is 2.39. The molecule has 2 aromatic rings. The fourth-order valence-corrected chi connectivity index (χ4v) is 2.60. The number of hydrogen-bond acceptors (Lipinski definition) is 1. The summed E-state index contributed by atoms with van der Waals surface area (Å²) in [5.41, 5.74) is 1.55. The molecule has 1 nitrogen and oxygen atoms in total. The zero-order chi connectivity index (χ0) is 14.2. The fourth-order valence-electron chi connectivity index (χ4n) is 1.61. The maximum absolute atomic E-state index is 11.2. The van der Waals surface area contributed by atoms with E-state index in [4.69, 9.17) is 58.0 Å². The molecule has 0 heterocycles. The van der Waals surface area contributed by atoms with E-state index in [1.54, 1.807) is 24.3 Å². The molecule has 2 rings (SSSR count). The summed E-state index contributed by atoms with van der Waals surface area (Å²) in [4.78, 5) is 11.2. The third-order valence-corrected chi connectivity index (χ3v) is 4.20. The first kappa shape index (κ1) is 15.0. The average molecular weight is 354 g/mol. The van der Waals surface area contributed by atoms with E-state index in [1.165, 1.54) is 6.07 Å². The Morgan fingerprint density at radius 3 is 2.21 bits per heavy atom. The zero-order valence-electron chi connectivity index (χ0n) is 9.18. The lowest BCUT2D eigenvalue weighted by Gasteiger charge is -2.09. The van der Waals surface area contributed by atoms with Gasteiger partial charge in [-0.2, -0.15) is 0 Å². The lowest BCUT2D eigenvalue weighted by Crippen LogP contribution is -1.91. The van der Waals surface area contributed by atoms with Gasteiger partial charge in [-0.25, -0.2) is 0 Å². The van der Waals surface area contributed by atoms with Crippen LogP contribution in [0.1, 0.15) is 10.4 Å². The molecule has 6 heteroatoms. The molecule has 0 aliphatic rings. The first-order valence-electron chi connectivity index (χ1n) is 5.04. The molecule has 0 bridgehead atoms. The molecule has 0 spiro atoms. The van der Waals surface area contributed by atoms with Gasteiger partial charge in [0.25, 0.3) is 5.24 Å². The van der Waals surface area contributed by atoms with Crippen LogP contribution in [-0.4, -0.2) is 5.24 Å². The number of carbonyl (C=O) groups excluding carboxylic acids is 1. The normalized spacial score (nSPS) is 10.6. The molecule has 0 aliphatic carbocycles. The van der Waals surface area contributed by atoms with Crippen LogP contribution in [0.2, 0.25) is 20.1 Å². The minimum Gasteiger partial charge on any atom is -0.276 e. The molecule has 0 fully saturated rings. The van der Waals surface area contributed by atoms with Crippen molar-refractivity contribution in [1.82, 2.24) is 0 Å². The molecule has 0 unspecified atom stereocenters. The highest BCUT2D eigenvalue weighted by molar-refractivity contribution is 6.67. The Kier molecular flexibility index (Phi) is 4.65. The molecule has 0 atom stereocenters. The highest BCUT2D eigenvalue weighted by atomic mass is 35.5. The molecule has 98 valence electrons. The quantitative estimate of drug-likeness (QED) is 0.454. The van der Waals surface area contributed by atoms with Crippen LogP contribution in [0, 0.1) is 0 Å². The van der Waals surface area contributed by atoms with Crippen LogP contribution in [0.25, 0.3) is 11.1 Å². The smallest absolute Gasteiger partial charge is 0.252 e. The Labute approximate surface area is 135 Å². The van der Waals surface area contributed by atoms with Gasteiger partial charge in [0.2, 0.25) is 0 Å². The molecule has 0 radical (unpaired) electrons. The molecule has 0 aromatic heterocycles. The lowest BCUT2D eigenvalue weighted by atomic mass is 10.0. The van der Waals surface area contributed by atoms with Gasteiger partial charge in [0.1, 0.15) is 0 Å². The third kappa shape index (κ3) is 3.18. The van der Waals surface area contributed by atoms with E-state index < -0.39 is 5.24 Å². The van der Waals surface area contributed by atoms with E-state index in [1.807, 2.05) is 0 Å². The van der Waals surface area contributed by atoms with Gasteiger partial charge in [-0.1, -0.05) is 52.5 Å². The Morgan fingerprint density at radius 1 is 0.895 bits per heavy atom. The maximum atomic E-state index is 11.2. The Hall–Kier alpha value is -0.440. The number of rotatable bonds is 2. The first-order chi connectivity index (χ1) is 8.90. The van der Waals surface area contributed by atoms with Crippen LogP contribution < -0.4 is 0 Å². The van der Waals surface area contributed by atoms with Crippen molar-refractivity contribution in [3.63, 3.8) is 0 Å². The van der Waals surface area contributed by atoms with Crippen molar-refractivity contribution >= 4 is 63.2 Å². The van der Waals surface area contributed by atoms with Crippen molar-refractivity contribution < 1.29 is 4.79 Å². The monoisotopic (exact) mass is 352 g/mol. The summed E-state index contributed by atoms with van der Waals surface area (Å²) < 4.78 is 0. The SMILES string of the molecule is O=C(Cl)c1cc(Cl)cc(-c2ccc(Cl)c(Cl)c2Cl)c1. The van der Waals surface area contributed by atoms with Crippen LogP contribution in [0.3, 0.4) is 0 Å². The Morgan fingerprint density at radius 2 is 1.58 bits per heavy atom. The molecular formula is C13H5Cl5O. The number of carbonyl (C=O) groups is 1. The number of benzene rings is 2. The van der Waals surface area contributed by atoms with E-state index in [-0.39, 0.29) is 10.6 Å². The molecular weight excluding hydrogens is 349 g/mol. The van der Waals surface area contributed by atoms with Crippen LogP contribution in [-0.2, 0) is 0 Å². The van der Waals surface area contributed by atoms with Crippen LogP contribution in [0.15, 0.2) is 30.3 Å². The van der Waals surface area contributed by atoms with E-state index in [2.05, 4.69) is 0 Å². The summed E-state index contributed by atoms with van der Waals surface area (Å²) in [6, 6.07) is 8.05. The van der Waals surface area contributed by atoms with E-state index in [0.717, 1.165) is 0 Å². The summed E-state index contributed by atoms with van der Waals surface area (Å²) in [6.45, 7) is 0. The van der Waals surface area contributed by atoms with E-state index in [0.29, 0.717) is 26.2 Å². The second-order valence-corrected chi connectivity index (χ2v) is 5.67. The largest absolute Gasteiger partial charge is 0.276 e. The molecule has 2 aromatic carbocycles. The predicted octanol–water partition coefficient (Wildman–Crippen LogP) is 6.35. The Balaban J connectivity index is 2.65. The molecule has 0 saturated heterocycles. The summed E-state index contributed by atoms with van der Waals surface area (Å²) in [7, 11) is 0. The summed E-state index contributed by atoms with van der Waals surface area (Å²) in [5.74, 6) is 0. The molecule has 0 N–H and O–H groups in total. The van der Waals surface area contributed by atoms with Gasteiger partial charge in [-0.05, 0) is 41.4 Å². The highest BCUT2D eigenvalue weighted by Gasteiger charge is 2.13. The number of hydrogen-bond donors (Lipinski definition) is 0. The van der Waals surface area contributed by atoms with Crippen molar-refractivity contribution in [2.45, 2.75) is 0 Å². The van der Waals surface area contributed by atoms with Gasteiger partial charge in [-0.15, -0.1) is 0 Å². The molecule has 0 aliphatic heterocycles. The topological polar surface area (TPSA) is 17.1 Å². The summed E-state index contributed by atoms with van der Waals surface area (Å²) in [6.07, 6.45) is 0. The summed E-state index contributed by atoms with van der Waals surface area (Å²) in [5, 5.41) is 0.679. The minimum atomic E-state index is -0.597. The molecule has 0 amide bonds. The van der Waals surface area contributed by atoms with Crippen molar-refractivity contribution in [2.24, 2.45) is 0 Å². The standard InChI is InChI=1S/C13H5Cl5O/c14-8-4-6(3-7(5-8)13(18)19)9-1-2-10(15)12(17)11(9)16/h1-5H. The lowest BCUT2D eigenvalue weighted by molar-refractivity contribution is 0.108. The molecule has 0 saturated carbocycles. The summed E-state index contributed by atoms with van der Waals surface area (Å²) >= 11 is 29.4. The van der Waals surface area contributed by atoms with Gasteiger partial charge in [0.05, 0.1) is 15.1 Å². The van der Waals surface area contributed by atoms with Gasteiger partial charge in [-0.3, -0.25) is 4.79 Å². The zero-order valence-corrected chi connectivity index (χ0v) is 13.0. The minimum absolute atomic E-state index is 0.250.